The summed E-state index contributed by atoms with van der Waals surface area (Å²) in [6.07, 6.45) is -5.05. The van der Waals surface area contributed by atoms with Crippen LogP contribution in [0.15, 0.2) is 29.3 Å². The monoisotopic (exact) mass is 361 g/mol. The fourth-order valence-corrected chi connectivity index (χ4v) is 1.88. The number of carbonyl (C=O) groups excluding carboxylic acids is 2. The number of benzene rings is 1. The van der Waals surface area contributed by atoms with Crippen molar-refractivity contribution >= 4 is 23.3 Å². The van der Waals surface area contributed by atoms with Gasteiger partial charge in [0.15, 0.2) is 0 Å². The number of methoxy groups -OCH3 is 1. The van der Waals surface area contributed by atoms with Crippen LogP contribution in [0, 0.1) is 5.92 Å². The lowest BCUT2D eigenvalue weighted by Gasteiger charge is -2.18. The van der Waals surface area contributed by atoms with Gasteiger partial charge in [0.2, 0.25) is 5.92 Å². The Hall–Kier alpha value is -2.58. The van der Waals surface area contributed by atoms with Crippen LogP contribution in [0.1, 0.15) is 13.8 Å². The molecule has 0 aromatic heterocycles. The molecule has 1 aromatic rings. The third kappa shape index (κ3) is 5.77. The van der Waals surface area contributed by atoms with Crippen LogP contribution in [-0.2, 0) is 19.1 Å². The molecule has 0 radical (unpaired) electrons. The Kier molecular flexibility index (Phi) is 7.41. The lowest BCUT2D eigenvalue weighted by Crippen LogP contribution is -2.42. The second-order valence-corrected chi connectivity index (χ2v) is 4.63. The van der Waals surface area contributed by atoms with Crippen LogP contribution in [0.25, 0.3) is 0 Å². The number of alkyl halides is 3. The van der Waals surface area contributed by atoms with Crippen LogP contribution in [0.3, 0.4) is 0 Å². The normalized spacial score (nSPS) is 12.0. The van der Waals surface area contributed by atoms with Crippen LogP contribution in [0.4, 0.5) is 18.9 Å². The first-order valence-electron chi connectivity index (χ1n) is 7.37. The highest BCUT2D eigenvalue weighted by molar-refractivity contribution is 6.19. The van der Waals surface area contributed by atoms with Crippen LogP contribution >= 0.6 is 0 Å². The Morgan fingerprint density at radius 3 is 2.12 bits per heavy atom. The minimum Gasteiger partial charge on any atom is -0.497 e. The molecular weight excluding hydrogens is 343 g/mol. The Bertz CT molecular complexity index is 625. The molecule has 0 aliphatic heterocycles. The highest BCUT2D eigenvalue weighted by Crippen LogP contribution is 2.29. The van der Waals surface area contributed by atoms with E-state index >= 15 is 0 Å². The van der Waals surface area contributed by atoms with Gasteiger partial charge in [-0.3, -0.25) is 9.59 Å². The van der Waals surface area contributed by atoms with Crippen molar-refractivity contribution in [1.82, 2.24) is 0 Å². The summed E-state index contributed by atoms with van der Waals surface area (Å²) in [5, 5.41) is 0. The maximum atomic E-state index is 13.5. The fourth-order valence-electron chi connectivity index (χ4n) is 1.88. The van der Waals surface area contributed by atoms with Gasteiger partial charge in [-0.2, -0.15) is 13.2 Å². The van der Waals surface area contributed by atoms with Crippen molar-refractivity contribution in [3.63, 3.8) is 0 Å². The first-order chi connectivity index (χ1) is 11.7. The molecule has 0 aliphatic rings. The van der Waals surface area contributed by atoms with Crippen LogP contribution in [-0.4, -0.2) is 44.2 Å². The summed E-state index contributed by atoms with van der Waals surface area (Å²) in [4.78, 5) is 27.3. The van der Waals surface area contributed by atoms with Gasteiger partial charge in [-0.1, -0.05) is 6.07 Å². The summed E-state index contributed by atoms with van der Waals surface area (Å²) < 4.78 is 54.5. The SMILES string of the molecule is CCOC(=O)C(C(=O)OCC)C(=Nc1cccc(OC)c1)C(F)(F)F. The predicted octanol–water partition coefficient (Wildman–Crippen LogP) is 3.07. The van der Waals surface area contributed by atoms with Gasteiger partial charge in [0.1, 0.15) is 11.5 Å². The number of esters is 2. The fraction of sp³-hybridized carbons (Fsp3) is 0.438. The Morgan fingerprint density at radius 2 is 1.68 bits per heavy atom. The standard InChI is InChI=1S/C16H18F3NO5/c1-4-24-14(21)12(15(22)25-5-2)13(16(17,18)19)20-10-7-6-8-11(9-10)23-3/h6-9,12H,4-5H2,1-3H3. The first-order valence-corrected chi connectivity index (χ1v) is 7.37. The van der Waals surface area contributed by atoms with E-state index in [9.17, 15) is 22.8 Å². The highest BCUT2D eigenvalue weighted by Gasteiger charge is 2.49. The number of hydrogen-bond donors (Lipinski definition) is 0. The lowest BCUT2D eigenvalue weighted by atomic mass is 10.0. The predicted molar refractivity (Wildman–Crippen MR) is 82.9 cm³/mol. The van der Waals surface area contributed by atoms with Gasteiger partial charge in [-0.25, -0.2) is 4.99 Å². The quantitative estimate of drug-likeness (QED) is 0.424. The molecule has 1 aromatic carbocycles. The molecular formula is C16H18F3NO5. The van der Waals surface area contributed by atoms with Gasteiger partial charge in [-0.15, -0.1) is 0 Å². The molecule has 0 heterocycles. The zero-order valence-electron chi connectivity index (χ0n) is 13.9. The smallest absolute Gasteiger partial charge is 0.430 e. The topological polar surface area (TPSA) is 74.2 Å². The van der Waals surface area contributed by atoms with Crippen molar-refractivity contribution in [3.05, 3.63) is 24.3 Å². The van der Waals surface area contributed by atoms with Gasteiger partial charge >= 0.3 is 18.1 Å². The van der Waals surface area contributed by atoms with E-state index in [1.54, 1.807) is 0 Å². The molecule has 0 bridgehead atoms. The summed E-state index contributed by atoms with van der Waals surface area (Å²) in [7, 11) is 1.34. The molecule has 0 unspecified atom stereocenters. The summed E-state index contributed by atoms with van der Waals surface area (Å²) in [5.41, 5.74) is -1.75. The van der Waals surface area contributed by atoms with E-state index in [4.69, 9.17) is 4.74 Å². The molecule has 6 nitrogen and oxygen atoms in total. The summed E-state index contributed by atoms with van der Waals surface area (Å²) in [6, 6.07) is 5.45. The lowest BCUT2D eigenvalue weighted by molar-refractivity contribution is -0.159. The molecule has 0 amide bonds. The number of halogens is 3. The Morgan fingerprint density at radius 1 is 1.12 bits per heavy atom. The number of hydrogen-bond acceptors (Lipinski definition) is 6. The van der Waals surface area contributed by atoms with Gasteiger partial charge in [-0.05, 0) is 26.0 Å². The van der Waals surface area contributed by atoms with Crippen LogP contribution < -0.4 is 4.74 Å². The Labute approximate surface area is 142 Å². The van der Waals surface area contributed by atoms with E-state index in [0.717, 1.165) is 0 Å². The van der Waals surface area contributed by atoms with Gasteiger partial charge in [0.25, 0.3) is 0 Å². The molecule has 9 heteroatoms. The van der Waals surface area contributed by atoms with E-state index in [0.29, 0.717) is 0 Å². The van der Waals surface area contributed by atoms with Crippen molar-refractivity contribution < 1.29 is 37.0 Å². The molecule has 138 valence electrons. The number of aliphatic imine (C=N–C) groups is 1. The van der Waals surface area contributed by atoms with Crippen LogP contribution in [0.2, 0.25) is 0 Å². The van der Waals surface area contributed by atoms with E-state index in [1.165, 1.54) is 45.2 Å². The minimum absolute atomic E-state index is 0.134. The molecule has 0 aliphatic carbocycles. The minimum atomic E-state index is -5.05. The average Bonchev–Trinajstić information content (AvgIpc) is 2.54. The van der Waals surface area contributed by atoms with E-state index < -0.39 is 29.7 Å². The molecule has 0 saturated carbocycles. The number of nitrogens with zero attached hydrogens (tertiary/aromatic N) is 1. The molecule has 25 heavy (non-hydrogen) atoms. The summed E-state index contributed by atoms with van der Waals surface area (Å²) in [5.74, 6) is -4.81. The van der Waals surface area contributed by atoms with Gasteiger partial charge < -0.3 is 14.2 Å². The number of rotatable bonds is 7. The number of ether oxygens (including phenoxy) is 3. The second kappa shape index (κ2) is 9.05. The first kappa shape index (κ1) is 20.5. The summed E-state index contributed by atoms with van der Waals surface area (Å²) in [6.45, 7) is 2.43. The average molecular weight is 361 g/mol. The van der Waals surface area contributed by atoms with Crippen LogP contribution in [0.5, 0.6) is 5.75 Å². The molecule has 0 spiro atoms. The van der Waals surface area contributed by atoms with Crippen molar-refractivity contribution in [1.29, 1.82) is 0 Å². The molecule has 0 fully saturated rings. The largest absolute Gasteiger partial charge is 0.497 e. The highest BCUT2D eigenvalue weighted by atomic mass is 19.4. The summed E-state index contributed by atoms with van der Waals surface area (Å²) >= 11 is 0. The van der Waals surface area contributed by atoms with E-state index in [1.807, 2.05) is 0 Å². The molecule has 0 saturated heterocycles. The second-order valence-electron chi connectivity index (χ2n) is 4.63. The molecule has 1 rings (SSSR count). The zero-order chi connectivity index (χ0) is 19.0. The Balaban J connectivity index is 3.43. The van der Waals surface area contributed by atoms with E-state index in [2.05, 4.69) is 14.5 Å². The van der Waals surface area contributed by atoms with Crippen molar-refractivity contribution in [2.75, 3.05) is 20.3 Å². The van der Waals surface area contributed by atoms with Gasteiger partial charge in [0.05, 0.1) is 26.0 Å². The third-order valence-electron chi connectivity index (χ3n) is 2.91. The third-order valence-corrected chi connectivity index (χ3v) is 2.91. The molecule has 0 N–H and O–H groups in total. The zero-order valence-corrected chi connectivity index (χ0v) is 13.9. The maximum Gasteiger partial charge on any atom is 0.430 e. The van der Waals surface area contributed by atoms with Crippen molar-refractivity contribution in [2.24, 2.45) is 10.9 Å². The van der Waals surface area contributed by atoms with Crippen molar-refractivity contribution in [2.45, 2.75) is 20.0 Å². The molecule has 0 atom stereocenters. The van der Waals surface area contributed by atoms with E-state index in [-0.39, 0.29) is 24.7 Å². The number of carbonyl (C=O) groups is 2. The van der Waals surface area contributed by atoms with Crippen molar-refractivity contribution in [3.8, 4) is 5.75 Å². The van der Waals surface area contributed by atoms with Gasteiger partial charge in [0, 0.05) is 6.07 Å². The maximum absolute atomic E-state index is 13.5.